The van der Waals surface area contributed by atoms with Crippen LogP contribution in [0.3, 0.4) is 0 Å². The van der Waals surface area contributed by atoms with E-state index in [1.165, 1.54) is 27.0 Å². The molecule has 1 heterocycles. The summed E-state index contributed by atoms with van der Waals surface area (Å²) in [4.78, 5) is 13.3. The maximum Gasteiger partial charge on any atom is 0.306 e. The molecular weight excluding hydrogens is 282 g/mol. The Labute approximate surface area is 121 Å². The molecule has 0 saturated carbocycles. The molecule has 0 aromatic rings. The molecule has 1 aliphatic heterocycles. The molecule has 1 fully saturated rings. The molecule has 8 heteroatoms. The summed E-state index contributed by atoms with van der Waals surface area (Å²) in [5, 5.41) is 0. The maximum atomic E-state index is 12.0. The second kappa shape index (κ2) is 7.92. The molecule has 1 aliphatic rings. The van der Waals surface area contributed by atoms with Crippen molar-refractivity contribution in [2.75, 3.05) is 40.3 Å². The average Bonchev–Trinajstić information content (AvgIpc) is 2.95. The molecule has 1 saturated heterocycles. The molecule has 0 bridgehead atoms. The van der Waals surface area contributed by atoms with Gasteiger partial charge in [-0.05, 0) is 32.9 Å². The molecule has 0 radical (unpaired) electrons. The summed E-state index contributed by atoms with van der Waals surface area (Å²) in [6.45, 7) is 4.56. The summed E-state index contributed by atoms with van der Waals surface area (Å²) in [5.41, 5.74) is 0. The first-order chi connectivity index (χ1) is 9.36. The van der Waals surface area contributed by atoms with Crippen molar-refractivity contribution in [1.29, 1.82) is 0 Å². The summed E-state index contributed by atoms with van der Waals surface area (Å²) in [7, 11) is -0.805. The number of nitrogens with zero attached hydrogens (tertiary/aromatic N) is 2. The minimum Gasteiger partial charge on any atom is -0.469 e. The van der Waals surface area contributed by atoms with Crippen molar-refractivity contribution in [3.8, 4) is 0 Å². The molecular formula is C12H25N3O4S. The number of ether oxygens (including phenoxy) is 1. The minimum absolute atomic E-state index is 0.0512. The maximum absolute atomic E-state index is 12.0. The second-order valence-electron chi connectivity index (χ2n) is 5.09. The molecule has 0 aromatic heterocycles. The number of methoxy groups -OCH3 is 1. The Bertz CT molecular complexity index is 407. The van der Waals surface area contributed by atoms with Crippen molar-refractivity contribution >= 4 is 16.2 Å². The Balaban J connectivity index is 2.37. The highest BCUT2D eigenvalue weighted by atomic mass is 32.2. The van der Waals surface area contributed by atoms with E-state index in [1.807, 2.05) is 6.92 Å². The van der Waals surface area contributed by atoms with E-state index in [-0.39, 0.29) is 19.0 Å². The number of esters is 1. The highest BCUT2D eigenvalue weighted by Gasteiger charge is 2.22. The molecule has 118 valence electrons. The summed E-state index contributed by atoms with van der Waals surface area (Å²) in [6, 6.07) is 0.182. The van der Waals surface area contributed by atoms with Gasteiger partial charge >= 0.3 is 5.97 Å². The lowest BCUT2D eigenvalue weighted by molar-refractivity contribution is -0.140. The van der Waals surface area contributed by atoms with Gasteiger partial charge in [-0.25, -0.2) is 4.72 Å². The van der Waals surface area contributed by atoms with Gasteiger partial charge in [0.2, 0.25) is 0 Å². The minimum atomic E-state index is -3.54. The van der Waals surface area contributed by atoms with Crippen molar-refractivity contribution < 1.29 is 17.9 Å². The van der Waals surface area contributed by atoms with Crippen LogP contribution in [0.15, 0.2) is 0 Å². The van der Waals surface area contributed by atoms with Crippen molar-refractivity contribution in [2.24, 2.45) is 0 Å². The Morgan fingerprint density at radius 2 is 2.00 bits per heavy atom. The summed E-state index contributed by atoms with van der Waals surface area (Å²) < 4.78 is 32.2. The third-order valence-corrected chi connectivity index (χ3v) is 5.13. The fourth-order valence-electron chi connectivity index (χ4n) is 2.12. The summed E-state index contributed by atoms with van der Waals surface area (Å²) in [6.07, 6.45) is 2.40. The molecule has 1 atom stereocenters. The van der Waals surface area contributed by atoms with E-state index >= 15 is 0 Å². The number of carbonyl (C=O) groups is 1. The molecule has 0 spiro atoms. The predicted molar refractivity (Wildman–Crippen MR) is 76.5 cm³/mol. The van der Waals surface area contributed by atoms with Gasteiger partial charge in [-0.1, -0.05) is 0 Å². The van der Waals surface area contributed by atoms with E-state index in [1.54, 1.807) is 0 Å². The fraction of sp³-hybridized carbons (Fsp3) is 0.917. The normalized spacial score (nSPS) is 18.4. The van der Waals surface area contributed by atoms with E-state index in [2.05, 4.69) is 14.4 Å². The standard InChI is InChI=1S/C12H25N3O4S/c1-11(15-7-4-5-8-15)10-13-20(17,18)14(2)9-6-12(16)19-3/h11,13H,4-10H2,1-3H3. The third kappa shape index (κ3) is 5.35. The zero-order valence-electron chi connectivity index (χ0n) is 12.5. The third-order valence-electron chi connectivity index (χ3n) is 3.59. The first-order valence-corrected chi connectivity index (χ1v) is 8.32. The molecule has 1 unspecified atom stereocenters. The van der Waals surface area contributed by atoms with Crippen molar-refractivity contribution in [3.63, 3.8) is 0 Å². The molecule has 1 N–H and O–H groups in total. The SMILES string of the molecule is COC(=O)CCN(C)S(=O)(=O)NCC(C)N1CCCC1. The molecule has 0 aliphatic carbocycles. The number of hydrogen-bond donors (Lipinski definition) is 1. The monoisotopic (exact) mass is 307 g/mol. The fourth-order valence-corrected chi connectivity index (χ4v) is 3.12. The Kier molecular flexibility index (Phi) is 6.87. The van der Waals surface area contributed by atoms with Gasteiger partial charge < -0.3 is 4.74 Å². The zero-order chi connectivity index (χ0) is 15.2. The van der Waals surface area contributed by atoms with Crippen molar-refractivity contribution in [2.45, 2.75) is 32.2 Å². The van der Waals surface area contributed by atoms with Crippen LogP contribution >= 0.6 is 0 Å². The number of rotatable bonds is 8. The van der Waals surface area contributed by atoms with Gasteiger partial charge in [-0.15, -0.1) is 0 Å². The van der Waals surface area contributed by atoms with Crippen LogP contribution in [0.4, 0.5) is 0 Å². The lowest BCUT2D eigenvalue weighted by Crippen LogP contribution is -2.45. The first kappa shape index (κ1) is 17.4. The zero-order valence-corrected chi connectivity index (χ0v) is 13.3. The van der Waals surface area contributed by atoms with Crippen molar-refractivity contribution in [3.05, 3.63) is 0 Å². The van der Waals surface area contributed by atoms with Crippen LogP contribution in [0, 0.1) is 0 Å². The van der Waals surface area contributed by atoms with Crippen LogP contribution in [-0.2, 0) is 19.7 Å². The van der Waals surface area contributed by atoms with Crippen LogP contribution < -0.4 is 4.72 Å². The van der Waals surface area contributed by atoms with E-state index < -0.39 is 16.2 Å². The average molecular weight is 307 g/mol. The summed E-state index contributed by atoms with van der Waals surface area (Å²) in [5.74, 6) is -0.419. The molecule has 1 rings (SSSR count). The Morgan fingerprint density at radius 1 is 1.40 bits per heavy atom. The van der Waals surface area contributed by atoms with E-state index in [4.69, 9.17) is 0 Å². The molecule has 20 heavy (non-hydrogen) atoms. The Hall–Kier alpha value is -0.700. The van der Waals surface area contributed by atoms with Gasteiger partial charge in [-0.2, -0.15) is 12.7 Å². The van der Waals surface area contributed by atoms with Gasteiger partial charge in [0.1, 0.15) is 0 Å². The summed E-state index contributed by atoms with van der Waals surface area (Å²) >= 11 is 0. The van der Waals surface area contributed by atoms with Crippen LogP contribution in [0.2, 0.25) is 0 Å². The number of hydrogen-bond acceptors (Lipinski definition) is 5. The Morgan fingerprint density at radius 3 is 2.55 bits per heavy atom. The van der Waals surface area contributed by atoms with Crippen LogP contribution in [-0.4, -0.2) is 70.0 Å². The molecule has 7 nitrogen and oxygen atoms in total. The van der Waals surface area contributed by atoms with Crippen LogP contribution in [0.5, 0.6) is 0 Å². The topological polar surface area (TPSA) is 78.9 Å². The molecule has 0 aromatic carbocycles. The van der Waals surface area contributed by atoms with Gasteiger partial charge in [-0.3, -0.25) is 9.69 Å². The quantitative estimate of drug-likeness (QED) is 0.628. The lowest BCUT2D eigenvalue weighted by atomic mass is 10.3. The van der Waals surface area contributed by atoms with Crippen molar-refractivity contribution in [1.82, 2.24) is 13.9 Å². The molecule has 0 amide bonds. The number of nitrogens with one attached hydrogen (secondary N) is 1. The highest BCUT2D eigenvalue weighted by Crippen LogP contribution is 2.11. The number of carbonyl (C=O) groups excluding carboxylic acids is 1. The van der Waals surface area contributed by atoms with Crippen LogP contribution in [0.1, 0.15) is 26.2 Å². The number of likely N-dealkylation sites (tertiary alicyclic amines) is 1. The van der Waals surface area contributed by atoms with Gasteiger partial charge in [0.25, 0.3) is 10.2 Å². The van der Waals surface area contributed by atoms with Gasteiger partial charge in [0.05, 0.1) is 13.5 Å². The highest BCUT2D eigenvalue weighted by molar-refractivity contribution is 7.87. The largest absolute Gasteiger partial charge is 0.469 e. The van der Waals surface area contributed by atoms with E-state index in [0.717, 1.165) is 17.4 Å². The van der Waals surface area contributed by atoms with E-state index in [9.17, 15) is 13.2 Å². The smallest absolute Gasteiger partial charge is 0.306 e. The predicted octanol–water partition coefficient (Wildman–Crippen LogP) is -0.200. The van der Waals surface area contributed by atoms with Gasteiger partial charge in [0, 0.05) is 26.2 Å². The van der Waals surface area contributed by atoms with Crippen LogP contribution in [0.25, 0.3) is 0 Å². The first-order valence-electron chi connectivity index (χ1n) is 6.88. The van der Waals surface area contributed by atoms with E-state index in [0.29, 0.717) is 6.54 Å². The second-order valence-corrected chi connectivity index (χ2v) is 6.96. The lowest BCUT2D eigenvalue weighted by Gasteiger charge is -2.25. The van der Waals surface area contributed by atoms with Gasteiger partial charge in [0.15, 0.2) is 0 Å².